The Balaban J connectivity index is 1.55. The summed E-state index contributed by atoms with van der Waals surface area (Å²) < 4.78 is 11.8. The lowest BCUT2D eigenvalue weighted by molar-refractivity contribution is -0.141. The SMILES string of the molecule is CC[C@@H](C)Oc1cc2c(cc1OC)CC(=O)N(c1ccc(C(=O)N3C[C@H](O)C[C@H]3C(=O)O)cc1)C2c1ccc(Cl)cc1. The first kappa shape index (κ1) is 29.4. The fourth-order valence-electron chi connectivity index (χ4n) is 5.58. The third-order valence-corrected chi connectivity index (χ3v) is 8.15. The molecule has 0 spiro atoms. The van der Waals surface area contributed by atoms with E-state index in [1.807, 2.05) is 38.1 Å². The van der Waals surface area contributed by atoms with Crippen molar-refractivity contribution >= 4 is 35.1 Å². The van der Waals surface area contributed by atoms with E-state index < -0.39 is 30.1 Å². The number of carboxylic acids is 1. The van der Waals surface area contributed by atoms with Gasteiger partial charge < -0.3 is 29.5 Å². The van der Waals surface area contributed by atoms with E-state index in [9.17, 15) is 24.6 Å². The Morgan fingerprint density at radius 3 is 2.38 bits per heavy atom. The number of hydrogen-bond donors (Lipinski definition) is 2. The molecule has 3 aromatic rings. The van der Waals surface area contributed by atoms with Gasteiger partial charge in [-0.1, -0.05) is 30.7 Å². The maximum absolute atomic E-state index is 13.8. The number of aliphatic carboxylic acids is 1. The molecular formula is C32H33ClN2O7. The number of benzene rings is 3. The minimum absolute atomic E-state index is 0.0167. The van der Waals surface area contributed by atoms with Crippen molar-refractivity contribution < 1.29 is 34.1 Å². The molecule has 2 heterocycles. The number of carbonyl (C=O) groups is 3. The van der Waals surface area contributed by atoms with Crippen LogP contribution in [0.5, 0.6) is 11.5 Å². The van der Waals surface area contributed by atoms with Crippen LogP contribution in [0.1, 0.15) is 59.8 Å². The van der Waals surface area contributed by atoms with E-state index in [1.165, 1.54) is 4.90 Å². The van der Waals surface area contributed by atoms with Gasteiger partial charge in [0.25, 0.3) is 5.91 Å². The molecule has 42 heavy (non-hydrogen) atoms. The second-order valence-electron chi connectivity index (χ2n) is 10.7. The maximum Gasteiger partial charge on any atom is 0.326 e. The quantitative estimate of drug-likeness (QED) is 0.383. The van der Waals surface area contributed by atoms with Crippen LogP contribution in [-0.2, 0) is 16.0 Å². The van der Waals surface area contributed by atoms with Gasteiger partial charge in [-0.2, -0.15) is 0 Å². The van der Waals surface area contributed by atoms with Crippen molar-refractivity contribution in [3.8, 4) is 11.5 Å². The third kappa shape index (κ3) is 5.67. The number of rotatable bonds is 8. The summed E-state index contributed by atoms with van der Waals surface area (Å²) in [6.07, 6.45) is -0.0216. The molecule has 10 heteroatoms. The molecule has 1 unspecified atom stereocenters. The minimum atomic E-state index is -1.16. The summed E-state index contributed by atoms with van der Waals surface area (Å²) in [6.45, 7) is 3.96. The average molecular weight is 593 g/mol. The first-order chi connectivity index (χ1) is 20.1. The highest BCUT2D eigenvalue weighted by atomic mass is 35.5. The molecule has 4 atom stereocenters. The number of aliphatic hydroxyl groups excluding tert-OH is 1. The van der Waals surface area contributed by atoms with Crippen LogP contribution in [0.15, 0.2) is 60.7 Å². The lowest BCUT2D eigenvalue weighted by Gasteiger charge is -2.38. The van der Waals surface area contributed by atoms with Crippen LogP contribution in [-0.4, -0.2) is 64.8 Å². The normalized spacial score (nSPS) is 20.7. The van der Waals surface area contributed by atoms with Crippen LogP contribution < -0.4 is 14.4 Å². The topological polar surface area (TPSA) is 117 Å². The van der Waals surface area contributed by atoms with Gasteiger partial charge in [-0.25, -0.2) is 4.79 Å². The standard InChI is InChI=1S/C32H33ClN2O7/c1-4-18(2)42-28-16-25-21(13-27(28)41-3)14-29(37)35(30(25)19-5-9-22(33)10-6-19)23-11-7-20(8-12-23)31(38)34-17-24(36)15-26(34)32(39)40/h5-13,16,18,24,26,30,36H,4,14-15,17H2,1-3H3,(H,39,40)/t18-,24-,26+,30?/m1/s1. The van der Waals surface area contributed by atoms with Gasteiger partial charge in [0, 0.05) is 29.2 Å². The first-order valence-electron chi connectivity index (χ1n) is 13.9. The smallest absolute Gasteiger partial charge is 0.326 e. The fourth-order valence-corrected chi connectivity index (χ4v) is 5.70. The molecule has 1 saturated heterocycles. The zero-order valence-electron chi connectivity index (χ0n) is 23.6. The Morgan fingerprint density at radius 2 is 1.76 bits per heavy atom. The van der Waals surface area contributed by atoms with E-state index in [1.54, 1.807) is 48.4 Å². The van der Waals surface area contributed by atoms with Crippen molar-refractivity contribution in [2.24, 2.45) is 0 Å². The van der Waals surface area contributed by atoms with Gasteiger partial charge >= 0.3 is 5.97 Å². The van der Waals surface area contributed by atoms with Gasteiger partial charge in [0.15, 0.2) is 11.5 Å². The number of carbonyl (C=O) groups excluding carboxylic acids is 2. The van der Waals surface area contributed by atoms with Crippen molar-refractivity contribution in [2.75, 3.05) is 18.6 Å². The van der Waals surface area contributed by atoms with Crippen LogP contribution >= 0.6 is 11.6 Å². The van der Waals surface area contributed by atoms with Gasteiger partial charge in [0.1, 0.15) is 6.04 Å². The summed E-state index contributed by atoms with van der Waals surface area (Å²) in [5, 5.41) is 20.1. The monoisotopic (exact) mass is 592 g/mol. The number of halogens is 1. The first-order valence-corrected chi connectivity index (χ1v) is 14.3. The molecule has 5 rings (SSSR count). The number of hydrogen-bond acceptors (Lipinski definition) is 6. The highest BCUT2D eigenvalue weighted by Crippen LogP contribution is 2.44. The molecule has 0 radical (unpaired) electrons. The Hall–Kier alpha value is -4.08. The molecule has 220 valence electrons. The van der Waals surface area contributed by atoms with E-state index in [0.29, 0.717) is 22.2 Å². The molecule has 2 aliphatic rings. The molecule has 0 saturated carbocycles. The molecule has 0 aliphatic carbocycles. The van der Waals surface area contributed by atoms with Gasteiger partial charge in [-0.15, -0.1) is 0 Å². The summed E-state index contributed by atoms with van der Waals surface area (Å²) in [6, 6.07) is 16.0. The van der Waals surface area contributed by atoms with Crippen molar-refractivity contribution in [1.82, 2.24) is 4.90 Å². The van der Waals surface area contributed by atoms with E-state index in [2.05, 4.69) is 0 Å². The fraction of sp³-hybridized carbons (Fsp3) is 0.344. The Morgan fingerprint density at radius 1 is 1.07 bits per heavy atom. The third-order valence-electron chi connectivity index (χ3n) is 7.89. The molecule has 2 aliphatic heterocycles. The second kappa shape index (κ2) is 12.0. The number of methoxy groups -OCH3 is 1. The van der Waals surface area contributed by atoms with Gasteiger partial charge in [0.05, 0.1) is 31.8 Å². The number of β-amino-alcohol motifs (C(OH)–C–C–N with tert-alkyl or cyclic N) is 1. The number of amides is 2. The van der Waals surface area contributed by atoms with Crippen LogP contribution in [0.4, 0.5) is 5.69 Å². The highest BCUT2D eigenvalue weighted by Gasteiger charge is 2.40. The molecule has 0 aromatic heterocycles. The predicted molar refractivity (Wildman–Crippen MR) is 157 cm³/mol. The minimum Gasteiger partial charge on any atom is -0.493 e. The highest BCUT2D eigenvalue weighted by molar-refractivity contribution is 6.30. The van der Waals surface area contributed by atoms with Crippen LogP contribution in [0.3, 0.4) is 0 Å². The number of ether oxygens (including phenoxy) is 2. The van der Waals surface area contributed by atoms with E-state index in [-0.39, 0.29) is 37.0 Å². The summed E-state index contributed by atoms with van der Waals surface area (Å²) in [5.41, 5.74) is 3.37. The lowest BCUT2D eigenvalue weighted by atomic mass is 9.86. The number of fused-ring (bicyclic) bond motifs is 1. The van der Waals surface area contributed by atoms with Crippen molar-refractivity contribution in [2.45, 2.75) is 57.4 Å². The zero-order chi connectivity index (χ0) is 30.1. The molecule has 3 aromatic carbocycles. The van der Waals surface area contributed by atoms with Gasteiger partial charge in [-0.3, -0.25) is 9.59 Å². The number of aliphatic hydroxyl groups is 1. The molecule has 1 fully saturated rings. The number of anilines is 1. The van der Waals surface area contributed by atoms with Crippen LogP contribution in [0, 0.1) is 0 Å². The lowest BCUT2D eigenvalue weighted by Crippen LogP contribution is -2.41. The summed E-state index contributed by atoms with van der Waals surface area (Å²) in [5.74, 6) is -0.657. The molecule has 2 amide bonds. The number of nitrogens with zero attached hydrogens (tertiary/aromatic N) is 2. The number of carboxylic acid groups (broad SMARTS) is 1. The summed E-state index contributed by atoms with van der Waals surface area (Å²) in [7, 11) is 1.57. The van der Waals surface area contributed by atoms with Crippen LogP contribution in [0.2, 0.25) is 5.02 Å². The van der Waals surface area contributed by atoms with Crippen molar-refractivity contribution in [1.29, 1.82) is 0 Å². The van der Waals surface area contributed by atoms with E-state index in [4.69, 9.17) is 21.1 Å². The largest absolute Gasteiger partial charge is 0.493 e. The van der Waals surface area contributed by atoms with Crippen molar-refractivity contribution in [3.63, 3.8) is 0 Å². The van der Waals surface area contributed by atoms with Crippen molar-refractivity contribution in [3.05, 3.63) is 87.9 Å². The maximum atomic E-state index is 13.8. The Bertz CT molecular complexity index is 1490. The Labute approximate surface area is 249 Å². The second-order valence-corrected chi connectivity index (χ2v) is 11.1. The van der Waals surface area contributed by atoms with Crippen LogP contribution in [0.25, 0.3) is 0 Å². The summed E-state index contributed by atoms with van der Waals surface area (Å²) >= 11 is 6.21. The van der Waals surface area contributed by atoms with Gasteiger partial charge in [0.2, 0.25) is 5.91 Å². The molecular weight excluding hydrogens is 560 g/mol. The van der Waals surface area contributed by atoms with E-state index in [0.717, 1.165) is 23.1 Å². The summed E-state index contributed by atoms with van der Waals surface area (Å²) in [4.78, 5) is 41.5. The molecule has 0 bridgehead atoms. The number of likely N-dealkylation sites (tertiary alicyclic amines) is 1. The van der Waals surface area contributed by atoms with E-state index >= 15 is 0 Å². The Kier molecular flexibility index (Phi) is 8.43. The predicted octanol–water partition coefficient (Wildman–Crippen LogP) is 4.86. The zero-order valence-corrected chi connectivity index (χ0v) is 24.4. The van der Waals surface area contributed by atoms with Gasteiger partial charge in [-0.05, 0) is 78.6 Å². The molecule has 2 N–H and O–H groups in total. The average Bonchev–Trinajstić information content (AvgIpc) is 3.38. The molecule has 9 nitrogen and oxygen atoms in total.